The van der Waals surface area contributed by atoms with Gasteiger partial charge >= 0.3 is 0 Å². The highest BCUT2D eigenvalue weighted by Crippen LogP contribution is 2.31. The Balaban J connectivity index is 1.71. The van der Waals surface area contributed by atoms with Gasteiger partial charge in [-0.05, 0) is 31.4 Å². The lowest BCUT2D eigenvalue weighted by molar-refractivity contribution is -0.116. The minimum Gasteiger partial charge on any atom is -0.309 e. The molecule has 2 heterocycles. The fraction of sp³-hybridized carbons (Fsp3) is 0.438. The van der Waals surface area contributed by atoms with E-state index in [2.05, 4.69) is 28.2 Å². The smallest absolute Gasteiger partial charge is 0.237 e. The van der Waals surface area contributed by atoms with E-state index in [0.29, 0.717) is 10.9 Å². The van der Waals surface area contributed by atoms with Crippen LogP contribution in [-0.2, 0) is 17.6 Å². The zero-order chi connectivity index (χ0) is 15.5. The fourth-order valence-electron chi connectivity index (χ4n) is 2.76. The maximum atomic E-state index is 12.7. The van der Waals surface area contributed by atoms with E-state index in [1.54, 1.807) is 0 Å². The van der Waals surface area contributed by atoms with E-state index in [-0.39, 0.29) is 11.9 Å². The van der Waals surface area contributed by atoms with E-state index in [9.17, 15) is 4.79 Å². The first-order valence-electron chi connectivity index (χ1n) is 7.63. The lowest BCUT2D eigenvalue weighted by Crippen LogP contribution is -2.43. The maximum Gasteiger partial charge on any atom is 0.237 e. The molecule has 3 rings (SSSR count). The van der Waals surface area contributed by atoms with E-state index in [0.717, 1.165) is 30.8 Å². The summed E-state index contributed by atoms with van der Waals surface area (Å²) >= 11 is 1.39. The number of nitrogens with one attached hydrogen (secondary N) is 1. The molecule has 22 heavy (non-hydrogen) atoms. The molecule has 0 bridgehead atoms. The second-order valence-corrected chi connectivity index (χ2v) is 6.43. The molecule has 0 spiro atoms. The molecule has 0 saturated carbocycles. The molecule has 0 radical (unpaired) electrons. The Labute approximate surface area is 134 Å². The van der Waals surface area contributed by atoms with Crippen LogP contribution in [0.5, 0.6) is 0 Å². The number of carbonyl (C=O) groups is 1. The molecule has 1 aromatic carbocycles. The number of para-hydroxylation sites is 1. The van der Waals surface area contributed by atoms with Crippen molar-refractivity contribution in [2.45, 2.75) is 44.3 Å². The largest absolute Gasteiger partial charge is 0.309 e. The third-order valence-electron chi connectivity index (χ3n) is 3.96. The number of aromatic nitrogens is 3. The van der Waals surface area contributed by atoms with Crippen LogP contribution in [0.3, 0.4) is 0 Å². The number of rotatable bonds is 4. The fourth-order valence-corrected chi connectivity index (χ4v) is 3.44. The molecule has 1 aliphatic heterocycles. The van der Waals surface area contributed by atoms with E-state index in [1.165, 1.54) is 17.3 Å². The summed E-state index contributed by atoms with van der Waals surface area (Å²) in [5, 5.41) is 7.64. The monoisotopic (exact) mass is 316 g/mol. The zero-order valence-corrected chi connectivity index (χ0v) is 13.7. The van der Waals surface area contributed by atoms with Crippen LogP contribution in [0.25, 0.3) is 0 Å². The molecule has 6 heteroatoms. The topological polar surface area (TPSA) is 61.9 Å². The molecule has 0 fully saturated rings. The van der Waals surface area contributed by atoms with Gasteiger partial charge in [-0.3, -0.25) is 9.89 Å². The summed E-state index contributed by atoms with van der Waals surface area (Å²) in [6.07, 6.45) is 2.86. The Morgan fingerprint density at radius 3 is 3.05 bits per heavy atom. The van der Waals surface area contributed by atoms with Gasteiger partial charge in [0, 0.05) is 18.2 Å². The number of aromatic amines is 1. The predicted octanol–water partition coefficient (Wildman–Crippen LogP) is 2.83. The molecular formula is C16H20N4OS. The van der Waals surface area contributed by atoms with Crippen molar-refractivity contribution in [3.05, 3.63) is 35.7 Å². The molecule has 1 aromatic heterocycles. The second kappa shape index (κ2) is 6.52. The number of nitrogens with zero attached hydrogens (tertiary/aromatic N) is 3. The van der Waals surface area contributed by atoms with E-state index in [4.69, 9.17) is 0 Å². The van der Waals surface area contributed by atoms with Crippen LogP contribution in [0.2, 0.25) is 0 Å². The highest BCUT2D eigenvalue weighted by molar-refractivity contribution is 7.99. The first-order chi connectivity index (χ1) is 10.7. The van der Waals surface area contributed by atoms with Gasteiger partial charge in [0.1, 0.15) is 5.82 Å². The maximum absolute atomic E-state index is 12.7. The number of benzene rings is 1. The Bertz CT molecular complexity index is 670. The van der Waals surface area contributed by atoms with Crippen LogP contribution < -0.4 is 4.90 Å². The number of fused-ring (bicyclic) bond motifs is 1. The van der Waals surface area contributed by atoms with Crippen molar-refractivity contribution < 1.29 is 4.79 Å². The SMILES string of the molecule is CCc1nc(SCC(=O)N2c3ccccc3CC[C@H]2C)n[nH]1. The van der Waals surface area contributed by atoms with Gasteiger partial charge < -0.3 is 4.90 Å². The van der Waals surface area contributed by atoms with Crippen molar-refractivity contribution >= 4 is 23.4 Å². The summed E-state index contributed by atoms with van der Waals surface area (Å²) in [4.78, 5) is 18.9. The van der Waals surface area contributed by atoms with Crippen LogP contribution in [0.4, 0.5) is 5.69 Å². The number of hydrogen-bond acceptors (Lipinski definition) is 4. The highest BCUT2D eigenvalue weighted by Gasteiger charge is 2.27. The predicted molar refractivity (Wildman–Crippen MR) is 88.2 cm³/mol. The van der Waals surface area contributed by atoms with Crippen molar-refractivity contribution in [3.63, 3.8) is 0 Å². The number of H-pyrrole nitrogens is 1. The van der Waals surface area contributed by atoms with E-state index in [1.807, 2.05) is 30.0 Å². The number of aryl methyl sites for hydroxylation is 2. The van der Waals surface area contributed by atoms with Crippen LogP contribution in [0.15, 0.2) is 29.4 Å². The first-order valence-corrected chi connectivity index (χ1v) is 8.61. The van der Waals surface area contributed by atoms with Crippen molar-refractivity contribution in [2.75, 3.05) is 10.7 Å². The molecular weight excluding hydrogens is 296 g/mol. The Morgan fingerprint density at radius 2 is 2.27 bits per heavy atom. The first kappa shape index (κ1) is 15.1. The molecule has 1 aliphatic rings. The Kier molecular flexibility index (Phi) is 4.47. The van der Waals surface area contributed by atoms with Gasteiger partial charge in [-0.25, -0.2) is 4.98 Å². The zero-order valence-electron chi connectivity index (χ0n) is 12.9. The number of hydrogen-bond donors (Lipinski definition) is 1. The molecule has 0 unspecified atom stereocenters. The third-order valence-corrected chi connectivity index (χ3v) is 4.79. The van der Waals surface area contributed by atoms with Crippen molar-refractivity contribution in [1.82, 2.24) is 15.2 Å². The molecule has 0 aliphatic carbocycles. The van der Waals surface area contributed by atoms with Gasteiger partial charge in [0.15, 0.2) is 0 Å². The lowest BCUT2D eigenvalue weighted by atomic mass is 9.97. The second-order valence-electron chi connectivity index (χ2n) is 5.49. The standard InChI is InChI=1S/C16H20N4OS/c1-3-14-17-16(19-18-14)22-10-15(21)20-11(2)8-9-12-6-4-5-7-13(12)20/h4-7,11H,3,8-10H2,1-2H3,(H,17,18,19)/t11-/m1/s1. The number of amides is 1. The summed E-state index contributed by atoms with van der Waals surface area (Å²) in [5.74, 6) is 1.33. The van der Waals surface area contributed by atoms with Crippen molar-refractivity contribution in [2.24, 2.45) is 0 Å². The van der Waals surface area contributed by atoms with Gasteiger partial charge in [-0.15, -0.1) is 5.10 Å². The number of anilines is 1. The lowest BCUT2D eigenvalue weighted by Gasteiger charge is -2.35. The van der Waals surface area contributed by atoms with Crippen LogP contribution in [0.1, 0.15) is 31.7 Å². The van der Waals surface area contributed by atoms with Crippen LogP contribution in [-0.4, -0.2) is 32.9 Å². The minimum absolute atomic E-state index is 0.118. The van der Waals surface area contributed by atoms with Crippen LogP contribution in [0, 0.1) is 0 Å². The summed E-state index contributed by atoms with van der Waals surface area (Å²) in [5.41, 5.74) is 2.31. The van der Waals surface area contributed by atoms with Gasteiger partial charge in [-0.1, -0.05) is 36.9 Å². The van der Waals surface area contributed by atoms with Gasteiger partial charge in [0.25, 0.3) is 0 Å². The average Bonchev–Trinajstić information content (AvgIpc) is 3.00. The van der Waals surface area contributed by atoms with Crippen molar-refractivity contribution in [1.29, 1.82) is 0 Å². The average molecular weight is 316 g/mol. The molecule has 1 atom stereocenters. The minimum atomic E-state index is 0.118. The third kappa shape index (κ3) is 3.02. The highest BCUT2D eigenvalue weighted by atomic mass is 32.2. The van der Waals surface area contributed by atoms with Gasteiger partial charge in [-0.2, -0.15) is 0 Å². The van der Waals surface area contributed by atoms with Gasteiger partial charge in [0.2, 0.25) is 11.1 Å². The summed E-state index contributed by atoms with van der Waals surface area (Å²) in [6, 6.07) is 8.41. The quantitative estimate of drug-likeness (QED) is 0.881. The molecule has 2 aromatic rings. The van der Waals surface area contributed by atoms with E-state index >= 15 is 0 Å². The summed E-state index contributed by atoms with van der Waals surface area (Å²) < 4.78 is 0. The van der Waals surface area contributed by atoms with E-state index < -0.39 is 0 Å². The molecule has 5 nitrogen and oxygen atoms in total. The molecule has 116 valence electrons. The summed E-state index contributed by atoms with van der Waals surface area (Å²) in [6.45, 7) is 4.13. The van der Waals surface area contributed by atoms with Gasteiger partial charge in [0.05, 0.1) is 5.75 Å². The summed E-state index contributed by atoms with van der Waals surface area (Å²) in [7, 11) is 0. The normalized spacial score (nSPS) is 17.4. The van der Waals surface area contributed by atoms with Crippen molar-refractivity contribution in [3.8, 4) is 0 Å². The molecule has 1 amide bonds. The Morgan fingerprint density at radius 1 is 1.45 bits per heavy atom. The Hall–Kier alpha value is -1.82. The van der Waals surface area contributed by atoms with Crippen LogP contribution >= 0.6 is 11.8 Å². The molecule has 1 N–H and O–H groups in total. The molecule has 0 saturated heterocycles. The number of carbonyl (C=O) groups excluding carboxylic acids is 1. The number of thioether (sulfide) groups is 1.